The minimum absolute atomic E-state index is 0.0296. The number of rotatable bonds is 6. The number of carbonyl (C=O) groups is 1. The monoisotopic (exact) mass is 369 g/mol. The van der Waals surface area contributed by atoms with Crippen molar-refractivity contribution in [2.75, 3.05) is 19.8 Å². The summed E-state index contributed by atoms with van der Waals surface area (Å²) in [6.45, 7) is 5.92. The van der Waals surface area contributed by atoms with Crippen LogP contribution >= 0.6 is 0 Å². The number of halogens is 1. The minimum atomic E-state index is -0.724. The van der Waals surface area contributed by atoms with Gasteiger partial charge in [-0.15, -0.1) is 0 Å². The minimum Gasteiger partial charge on any atom is -0.381 e. The Bertz CT molecular complexity index is 754. The van der Waals surface area contributed by atoms with Gasteiger partial charge in [-0.1, -0.05) is 56.3 Å². The van der Waals surface area contributed by atoms with E-state index in [1.165, 1.54) is 17.7 Å². The molecule has 2 aromatic rings. The van der Waals surface area contributed by atoms with Crippen LogP contribution in [0, 0.1) is 11.7 Å². The smallest absolute Gasteiger partial charge is 0.230 e. The molecule has 27 heavy (non-hydrogen) atoms. The average molecular weight is 369 g/mol. The van der Waals surface area contributed by atoms with E-state index in [-0.39, 0.29) is 17.6 Å². The van der Waals surface area contributed by atoms with Crippen LogP contribution in [0.2, 0.25) is 0 Å². The second-order valence-corrected chi connectivity index (χ2v) is 7.68. The summed E-state index contributed by atoms with van der Waals surface area (Å²) in [5, 5.41) is 3.17. The fourth-order valence-corrected chi connectivity index (χ4v) is 3.96. The van der Waals surface area contributed by atoms with Crippen LogP contribution in [0.5, 0.6) is 0 Å². The standard InChI is InChI=1S/C23H28FNO2/c1-17(2)21(18-7-4-3-5-8-18)16-25-22(26)23(11-13-27-14-12-23)19-9-6-10-20(24)15-19/h3-10,15,17,21H,11-14,16H2,1-2H3,(H,25,26). The number of ether oxygens (including phenoxy) is 1. The Balaban J connectivity index is 1.80. The highest BCUT2D eigenvalue weighted by Gasteiger charge is 2.42. The predicted octanol–water partition coefficient (Wildman–Crippen LogP) is 4.43. The topological polar surface area (TPSA) is 38.3 Å². The van der Waals surface area contributed by atoms with Gasteiger partial charge in [-0.3, -0.25) is 4.79 Å². The van der Waals surface area contributed by atoms with E-state index in [1.54, 1.807) is 6.07 Å². The van der Waals surface area contributed by atoms with E-state index >= 15 is 0 Å². The van der Waals surface area contributed by atoms with E-state index in [0.717, 1.165) is 5.56 Å². The molecular weight excluding hydrogens is 341 g/mol. The van der Waals surface area contributed by atoms with Gasteiger partial charge in [0, 0.05) is 25.7 Å². The molecule has 0 aromatic heterocycles. The SMILES string of the molecule is CC(C)C(CNC(=O)C1(c2cccc(F)c2)CCOCC1)c1ccccc1. The van der Waals surface area contributed by atoms with Crippen molar-refractivity contribution in [1.29, 1.82) is 0 Å². The van der Waals surface area contributed by atoms with Crippen LogP contribution in [0.3, 0.4) is 0 Å². The molecule has 0 radical (unpaired) electrons. The van der Waals surface area contributed by atoms with E-state index in [9.17, 15) is 9.18 Å². The molecule has 0 saturated carbocycles. The van der Waals surface area contributed by atoms with Crippen LogP contribution in [0.25, 0.3) is 0 Å². The molecule has 1 atom stereocenters. The first kappa shape index (κ1) is 19.6. The maximum atomic E-state index is 13.8. The van der Waals surface area contributed by atoms with Crippen molar-refractivity contribution in [2.24, 2.45) is 5.92 Å². The average Bonchev–Trinajstić information content (AvgIpc) is 2.69. The normalized spacial score (nSPS) is 17.5. The van der Waals surface area contributed by atoms with Gasteiger partial charge < -0.3 is 10.1 Å². The van der Waals surface area contributed by atoms with E-state index < -0.39 is 5.41 Å². The van der Waals surface area contributed by atoms with Crippen LogP contribution in [0.1, 0.15) is 43.7 Å². The Morgan fingerprint density at radius 3 is 2.44 bits per heavy atom. The van der Waals surface area contributed by atoms with Crippen molar-refractivity contribution in [2.45, 2.75) is 38.0 Å². The molecule has 1 aliphatic rings. The van der Waals surface area contributed by atoms with E-state index in [1.807, 2.05) is 24.3 Å². The van der Waals surface area contributed by atoms with Gasteiger partial charge >= 0.3 is 0 Å². The summed E-state index contributed by atoms with van der Waals surface area (Å²) in [7, 11) is 0. The molecule has 1 N–H and O–H groups in total. The molecule has 1 fully saturated rings. The first-order chi connectivity index (χ1) is 13.0. The molecule has 3 nitrogen and oxygen atoms in total. The van der Waals surface area contributed by atoms with Crippen molar-refractivity contribution >= 4 is 5.91 Å². The number of amides is 1. The maximum absolute atomic E-state index is 13.8. The largest absolute Gasteiger partial charge is 0.381 e. The Morgan fingerprint density at radius 1 is 1.11 bits per heavy atom. The van der Waals surface area contributed by atoms with Gasteiger partial charge in [-0.2, -0.15) is 0 Å². The number of hydrogen-bond donors (Lipinski definition) is 1. The quantitative estimate of drug-likeness (QED) is 0.818. The summed E-state index contributed by atoms with van der Waals surface area (Å²) in [4.78, 5) is 13.3. The van der Waals surface area contributed by atoms with Crippen molar-refractivity contribution in [3.05, 3.63) is 71.5 Å². The van der Waals surface area contributed by atoms with E-state index in [4.69, 9.17) is 4.74 Å². The van der Waals surface area contributed by atoms with Crippen molar-refractivity contribution in [3.8, 4) is 0 Å². The zero-order valence-electron chi connectivity index (χ0n) is 16.1. The predicted molar refractivity (Wildman–Crippen MR) is 105 cm³/mol. The molecule has 0 bridgehead atoms. The fraction of sp³-hybridized carbons (Fsp3) is 0.435. The van der Waals surface area contributed by atoms with Crippen LogP contribution in [-0.4, -0.2) is 25.7 Å². The van der Waals surface area contributed by atoms with Crippen molar-refractivity contribution in [3.63, 3.8) is 0 Å². The van der Waals surface area contributed by atoms with Crippen LogP contribution in [-0.2, 0) is 14.9 Å². The van der Waals surface area contributed by atoms with Gasteiger partial charge in [0.1, 0.15) is 5.82 Å². The summed E-state index contributed by atoms with van der Waals surface area (Å²) in [6, 6.07) is 16.7. The van der Waals surface area contributed by atoms with Crippen molar-refractivity contribution in [1.82, 2.24) is 5.32 Å². The lowest BCUT2D eigenvalue weighted by Gasteiger charge is -2.37. The third-order valence-electron chi connectivity index (χ3n) is 5.67. The number of carbonyl (C=O) groups excluding carboxylic acids is 1. The summed E-state index contributed by atoms with van der Waals surface area (Å²) >= 11 is 0. The summed E-state index contributed by atoms with van der Waals surface area (Å²) in [6.07, 6.45) is 1.14. The van der Waals surface area contributed by atoms with Gasteiger partial charge in [0.2, 0.25) is 5.91 Å². The first-order valence-corrected chi connectivity index (χ1v) is 9.70. The maximum Gasteiger partial charge on any atom is 0.230 e. The van der Waals surface area contributed by atoms with Crippen LogP contribution < -0.4 is 5.32 Å². The van der Waals surface area contributed by atoms with Crippen molar-refractivity contribution < 1.29 is 13.9 Å². The zero-order valence-corrected chi connectivity index (χ0v) is 16.1. The van der Waals surface area contributed by atoms with Gasteiger partial charge in [-0.25, -0.2) is 4.39 Å². The number of benzene rings is 2. The zero-order chi connectivity index (χ0) is 19.3. The lowest BCUT2D eigenvalue weighted by Crippen LogP contribution is -2.49. The lowest BCUT2D eigenvalue weighted by atomic mass is 9.73. The lowest BCUT2D eigenvalue weighted by molar-refractivity contribution is -0.130. The molecule has 4 heteroatoms. The number of nitrogens with one attached hydrogen (secondary N) is 1. The Labute approximate surface area is 160 Å². The molecule has 1 heterocycles. The second kappa shape index (κ2) is 8.66. The highest BCUT2D eigenvalue weighted by atomic mass is 19.1. The molecule has 144 valence electrons. The van der Waals surface area contributed by atoms with Gasteiger partial charge in [-0.05, 0) is 42.0 Å². The Hall–Kier alpha value is -2.20. The van der Waals surface area contributed by atoms with Gasteiger partial charge in [0.15, 0.2) is 0 Å². The molecule has 3 rings (SSSR count). The molecule has 1 aliphatic heterocycles. The Kier molecular flexibility index (Phi) is 6.27. The van der Waals surface area contributed by atoms with Gasteiger partial charge in [0.05, 0.1) is 5.41 Å². The molecule has 1 saturated heterocycles. The molecular formula is C23H28FNO2. The highest BCUT2D eigenvalue weighted by molar-refractivity contribution is 5.88. The second-order valence-electron chi connectivity index (χ2n) is 7.68. The third-order valence-corrected chi connectivity index (χ3v) is 5.67. The third kappa shape index (κ3) is 4.38. The Morgan fingerprint density at radius 2 is 1.81 bits per heavy atom. The highest BCUT2D eigenvalue weighted by Crippen LogP contribution is 2.36. The summed E-state index contributed by atoms with van der Waals surface area (Å²) in [5.74, 6) is 0.292. The molecule has 1 amide bonds. The first-order valence-electron chi connectivity index (χ1n) is 9.70. The van der Waals surface area contributed by atoms with E-state index in [2.05, 4.69) is 31.3 Å². The van der Waals surface area contributed by atoms with Gasteiger partial charge in [0.25, 0.3) is 0 Å². The van der Waals surface area contributed by atoms with Crippen LogP contribution in [0.4, 0.5) is 4.39 Å². The molecule has 0 spiro atoms. The van der Waals surface area contributed by atoms with Crippen LogP contribution in [0.15, 0.2) is 54.6 Å². The fourth-order valence-electron chi connectivity index (χ4n) is 3.96. The molecule has 0 aliphatic carbocycles. The number of hydrogen-bond acceptors (Lipinski definition) is 2. The summed E-state index contributed by atoms with van der Waals surface area (Å²) in [5.41, 5.74) is 1.24. The molecule has 1 unspecified atom stereocenters. The molecule has 2 aromatic carbocycles. The van der Waals surface area contributed by atoms with E-state index in [0.29, 0.717) is 38.5 Å². The summed E-state index contributed by atoms with van der Waals surface area (Å²) < 4.78 is 19.3.